The third kappa shape index (κ3) is 6.06. The first kappa shape index (κ1) is 23.2. The highest BCUT2D eigenvalue weighted by Gasteiger charge is 2.22. The SMILES string of the molecule is COc1ccc(CCNC(=NCC(=O)N(C)C)NC2CCOc3ccccc32)cc1OC. The zero-order valence-corrected chi connectivity index (χ0v) is 19.2. The Morgan fingerprint density at radius 1 is 1.16 bits per heavy atom. The molecule has 8 heteroatoms. The van der Waals surface area contributed by atoms with E-state index in [2.05, 4.69) is 21.7 Å². The summed E-state index contributed by atoms with van der Waals surface area (Å²) in [7, 11) is 6.70. The Bertz CT molecular complexity index is 945. The van der Waals surface area contributed by atoms with E-state index in [1.807, 2.05) is 36.4 Å². The van der Waals surface area contributed by atoms with Crippen LogP contribution < -0.4 is 24.8 Å². The third-order valence-electron chi connectivity index (χ3n) is 5.29. The Morgan fingerprint density at radius 3 is 2.69 bits per heavy atom. The first-order chi connectivity index (χ1) is 15.5. The van der Waals surface area contributed by atoms with Gasteiger partial charge in [0.2, 0.25) is 5.91 Å². The molecule has 0 bridgehead atoms. The van der Waals surface area contributed by atoms with Gasteiger partial charge in [-0.15, -0.1) is 0 Å². The van der Waals surface area contributed by atoms with Crippen LogP contribution in [-0.4, -0.2) is 64.8 Å². The summed E-state index contributed by atoms with van der Waals surface area (Å²) in [6, 6.07) is 13.9. The number of guanidine groups is 1. The molecule has 0 aromatic heterocycles. The summed E-state index contributed by atoms with van der Waals surface area (Å²) in [5, 5.41) is 6.84. The van der Waals surface area contributed by atoms with Gasteiger partial charge in [-0.05, 0) is 30.2 Å². The first-order valence-corrected chi connectivity index (χ1v) is 10.7. The van der Waals surface area contributed by atoms with Gasteiger partial charge in [0.1, 0.15) is 12.3 Å². The summed E-state index contributed by atoms with van der Waals surface area (Å²) in [5.74, 6) is 2.83. The Morgan fingerprint density at radius 2 is 1.94 bits per heavy atom. The van der Waals surface area contributed by atoms with E-state index >= 15 is 0 Å². The number of rotatable bonds is 8. The number of carbonyl (C=O) groups excluding carboxylic acids is 1. The first-order valence-electron chi connectivity index (χ1n) is 10.7. The van der Waals surface area contributed by atoms with Gasteiger partial charge < -0.3 is 29.7 Å². The number of para-hydroxylation sites is 1. The number of benzene rings is 2. The molecule has 1 atom stereocenters. The molecule has 3 rings (SSSR count). The minimum absolute atomic E-state index is 0.0571. The number of amides is 1. The lowest BCUT2D eigenvalue weighted by atomic mass is 10.0. The van der Waals surface area contributed by atoms with Crippen molar-refractivity contribution in [2.75, 3.05) is 48.0 Å². The lowest BCUT2D eigenvalue weighted by Gasteiger charge is -2.28. The molecule has 1 unspecified atom stereocenters. The van der Waals surface area contributed by atoms with Crippen LogP contribution in [0.1, 0.15) is 23.6 Å². The fourth-order valence-corrected chi connectivity index (χ4v) is 3.46. The van der Waals surface area contributed by atoms with Gasteiger partial charge in [-0.2, -0.15) is 0 Å². The topological polar surface area (TPSA) is 84.4 Å². The summed E-state index contributed by atoms with van der Waals surface area (Å²) in [4.78, 5) is 18.1. The van der Waals surface area contributed by atoms with Crippen LogP contribution in [0.2, 0.25) is 0 Å². The third-order valence-corrected chi connectivity index (χ3v) is 5.29. The molecule has 2 aromatic rings. The Labute approximate surface area is 189 Å². The maximum Gasteiger partial charge on any atom is 0.243 e. The van der Waals surface area contributed by atoms with Crippen LogP contribution in [-0.2, 0) is 11.2 Å². The van der Waals surface area contributed by atoms with Crippen molar-refractivity contribution < 1.29 is 19.0 Å². The molecule has 1 amide bonds. The number of methoxy groups -OCH3 is 2. The van der Waals surface area contributed by atoms with Crippen LogP contribution in [0.15, 0.2) is 47.5 Å². The van der Waals surface area contributed by atoms with Gasteiger partial charge in [0.25, 0.3) is 0 Å². The van der Waals surface area contributed by atoms with Gasteiger partial charge >= 0.3 is 0 Å². The molecule has 0 saturated heterocycles. The molecule has 32 heavy (non-hydrogen) atoms. The van der Waals surface area contributed by atoms with Gasteiger partial charge in [0.15, 0.2) is 17.5 Å². The van der Waals surface area contributed by atoms with Crippen molar-refractivity contribution in [2.45, 2.75) is 18.9 Å². The molecule has 0 saturated carbocycles. The predicted octanol–water partition coefficient (Wildman–Crippen LogP) is 2.39. The maximum atomic E-state index is 12.1. The minimum Gasteiger partial charge on any atom is -0.493 e. The molecule has 2 N–H and O–H groups in total. The molecular weight excluding hydrogens is 408 g/mol. The Kier molecular flexibility index (Phi) is 8.19. The van der Waals surface area contributed by atoms with E-state index in [-0.39, 0.29) is 18.5 Å². The zero-order valence-electron chi connectivity index (χ0n) is 19.2. The molecule has 0 fully saturated rings. The number of fused-ring (bicyclic) bond motifs is 1. The highest BCUT2D eigenvalue weighted by molar-refractivity contribution is 5.85. The van der Waals surface area contributed by atoms with E-state index < -0.39 is 0 Å². The van der Waals surface area contributed by atoms with Crippen molar-refractivity contribution in [1.29, 1.82) is 0 Å². The zero-order chi connectivity index (χ0) is 22.9. The van der Waals surface area contributed by atoms with Crippen LogP contribution in [0.3, 0.4) is 0 Å². The lowest BCUT2D eigenvalue weighted by Crippen LogP contribution is -2.42. The van der Waals surface area contributed by atoms with E-state index in [9.17, 15) is 4.79 Å². The van der Waals surface area contributed by atoms with Crippen LogP contribution in [0.4, 0.5) is 0 Å². The normalized spacial score (nSPS) is 15.2. The molecular formula is C24H32N4O4. The van der Waals surface area contributed by atoms with Crippen LogP contribution in [0.25, 0.3) is 0 Å². The lowest BCUT2D eigenvalue weighted by molar-refractivity contribution is -0.127. The summed E-state index contributed by atoms with van der Waals surface area (Å²) in [6.07, 6.45) is 1.57. The monoisotopic (exact) mass is 440 g/mol. The number of likely N-dealkylation sites (N-methyl/N-ethyl adjacent to an activating group) is 1. The maximum absolute atomic E-state index is 12.1. The van der Waals surface area contributed by atoms with Crippen LogP contribution in [0, 0.1) is 0 Å². The average molecular weight is 441 g/mol. The van der Waals surface area contributed by atoms with E-state index in [0.717, 1.165) is 29.7 Å². The summed E-state index contributed by atoms with van der Waals surface area (Å²) in [6.45, 7) is 1.34. The number of aliphatic imine (C=N–C) groups is 1. The fraction of sp³-hybridized carbons (Fsp3) is 0.417. The minimum atomic E-state index is -0.0571. The van der Waals surface area contributed by atoms with E-state index in [0.29, 0.717) is 30.6 Å². The standard InChI is InChI=1S/C24H32N4O4/c1-28(2)23(29)16-26-24(27-19-12-14-32-20-8-6-5-7-18(19)20)25-13-11-17-9-10-21(30-3)22(15-17)31-4/h5-10,15,19H,11-14,16H2,1-4H3,(H2,25,26,27). The van der Waals surface area contributed by atoms with Gasteiger partial charge in [0, 0.05) is 32.6 Å². The quantitative estimate of drug-likeness (QED) is 0.484. The Hall–Kier alpha value is -3.42. The highest BCUT2D eigenvalue weighted by Crippen LogP contribution is 2.31. The molecule has 2 aromatic carbocycles. The number of nitrogens with one attached hydrogen (secondary N) is 2. The van der Waals surface area contributed by atoms with E-state index in [1.165, 1.54) is 4.90 Å². The van der Waals surface area contributed by atoms with Crippen molar-refractivity contribution in [3.8, 4) is 17.2 Å². The van der Waals surface area contributed by atoms with Crippen molar-refractivity contribution >= 4 is 11.9 Å². The van der Waals surface area contributed by atoms with Gasteiger partial charge in [-0.25, -0.2) is 4.99 Å². The molecule has 8 nitrogen and oxygen atoms in total. The fourth-order valence-electron chi connectivity index (χ4n) is 3.46. The second-order valence-corrected chi connectivity index (χ2v) is 7.69. The van der Waals surface area contributed by atoms with Crippen LogP contribution >= 0.6 is 0 Å². The highest BCUT2D eigenvalue weighted by atomic mass is 16.5. The summed E-state index contributed by atoms with van der Waals surface area (Å²) >= 11 is 0. The van der Waals surface area contributed by atoms with Crippen molar-refractivity contribution in [2.24, 2.45) is 4.99 Å². The predicted molar refractivity (Wildman–Crippen MR) is 125 cm³/mol. The molecule has 1 aliphatic heterocycles. The smallest absolute Gasteiger partial charge is 0.243 e. The van der Waals surface area contributed by atoms with Gasteiger partial charge in [-0.3, -0.25) is 4.79 Å². The molecule has 172 valence electrons. The Balaban J connectivity index is 1.68. The second-order valence-electron chi connectivity index (χ2n) is 7.69. The molecule has 0 aliphatic carbocycles. The van der Waals surface area contributed by atoms with Crippen molar-refractivity contribution in [3.63, 3.8) is 0 Å². The number of nitrogens with zero attached hydrogens (tertiary/aromatic N) is 2. The summed E-state index contributed by atoms with van der Waals surface area (Å²) in [5.41, 5.74) is 2.20. The molecule has 1 heterocycles. The van der Waals surface area contributed by atoms with Crippen molar-refractivity contribution in [1.82, 2.24) is 15.5 Å². The van der Waals surface area contributed by atoms with E-state index in [4.69, 9.17) is 14.2 Å². The van der Waals surface area contributed by atoms with Crippen LogP contribution in [0.5, 0.6) is 17.2 Å². The van der Waals surface area contributed by atoms with Gasteiger partial charge in [0.05, 0.1) is 26.9 Å². The number of hydrogen-bond donors (Lipinski definition) is 2. The number of hydrogen-bond acceptors (Lipinski definition) is 5. The average Bonchev–Trinajstić information content (AvgIpc) is 2.82. The number of carbonyl (C=O) groups is 1. The summed E-state index contributed by atoms with van der Waals surface area (Å²) < 4.78 is 16.5. The number of ether oxygens (including phenoxy) is 3. The largest absolute Gasteiger partial charge is 0.493 e. The van der Waals surface area contributed by atoms with Gasteiger partial charge in [-0.1, -0.05) is 24.3 Å². The molecule has 0 spiro atoms. The second kappa shape index (κ2) is 11.3. The van der Waals surface area contributed by atoms with E-state index in [1.54, 1.807) is 28.3 Å². The molecule has 0 radical (unpaired) electrons. The molecule has 1 aliphatic rings. The van der Waals surface area contributed by atoms with Crippen molar-refractivity contribution in [3.05, 3.63) is 53.6 Å².